The maximum absolute atomic E-state index is 10.3. The number of rotatable bonds is 3. The molecular weight excluding hydrogens is 186 g/mol. The molecule has 0 spiro atoms. The molecule has 0 aromatic heterocycles. The van der Waals surface area contributed by atoms with Crippen molar-refractivity contribution in [2.45, 2.75) is 44.3 Å². The van der Waals surface area contributed by atoms with Gasteiger partial charge in [0.25, 0.3) is 0 Å². The number of amides is 1. The highest BCUT2D eigenvalue weighted by molar-refractivity contribution is 7.98. The van der Waals surface area contributed by atoms with Gasteiger partial charge in [0.05, 0.1) is 0 Å². The smallest absolute Gasteiger partial charge is 0.414 e. The molecule has 3 nitrogen and oxygen atoms in total. The van der Waals surface area contributed by atoms with Crippen LogP contribution < -0.4 is 4.72 Å². The fourth-order valence-corrected chi connectivity index (χ4v) is 2.59. The topological polar surface area (TPSA) is 49.3 Å². The van der Waals surface area contributed by atoms with E-state index in [1.807, 2.05) is 0 Å². The van der Waals surface area contributed by atoms with Crippen LogP contribution in [0.15, 0.2) is 0 Å². The van der Waals surface area contributed by atoms with Crippen molar-refractivity contribution in [2.24, 2.45) is 5.92 Å². The number of nitrogens with one attached hydrogen (secondary N) is 1. The van der Waals surface area contributed by atoms with Gasteiger partial charge in [0, 0.05) is 5.25 Å². The van der Waals surface area contributed by atoms with Crippen LogP contribution in [0.3, 0.4) is 0 Å². The van der Waals surface area contributed by atoms with E-state index in [0.717, 1.165) is 0 Å². The Labute approximate surface area is 83.4 Å². The summed E-state index contributed by atoms with van der Waals surface area (Å²) in [5, 5.41) is 8.84. The maximum Gasteiger partial charge on any atom is 0.414 e. The van der Waals surface area contributed by atoms with Gasteiger partial charge in [-0.1, -0.05) is 26.2 Å². The summed E-state index contributed by atoms with van der Waals surface area (Å²) in [4.78, 5) is 10.3. The molecule has 0 radical (unpaired) electrons. The summed E-state index contributed by atoms with van der Waals surface area (Å²) in [5.74, 6) is 0.700. The highest BCUT2D eigenvalue weighted by Crippen LogP contribution is 2.31. The monoisotopic (exact) mass is 203 g/mol. The Balaban J connectivity index is 2.20. The lowest BCUT2D eigenvalue weighted by molar-refractivity contribution is 0.201. The third-order valence-corrected chi connectivity index (χ3v) is 3.69. The molecule has 1 aliphatic rings. The van der Waals surface area contributed by atoms with E-state index in [4.69, 9.17) is 5.11 Å². The van der Waals surface area contributed by atoms with Gasteiger partial charge in [0.15, 0.2) is 0 Å². The molecule has 1 atom stereocenters. The minimum Gasteiger partial charge on any atom is -0.464 e. The standard InChI is InChI=1S/C9H17NO2S/c1-7(13-10-9(11)12)8-5-3-2-4-6-8/h7-8,10H,2-6H2,1H3,(H,11,12). The van der Waals surface area contributed by atoms with Gasteiger partial charge in [0.1, 0.15) is 0 Å². The molecule has 0 heterocycles. The zero-order valence-electron chi connectivity index (χ0n) is 7.95. The molecule has 76 valence electrons. The van der Waals surface area contributed by atoms with Gasteiger partial charge in [-0.3, -0.25) is 4.72 Å². The van der Waals surface area contributed by atoms with E-state index in [1.165, 1.54) is 44.1 Å². The first-order valence-electron chi connectivity index (χ1n) is 4.84. The molecule has 1 unspecified atom stereocenters. The lowest BCUT2D eigenvalue weighted by atomic mass is 9.87. The third-order valence-electron chi connectivity index (χ3n) is 2.65. The van der Waals surface area contributed by atoms with Crippen LogP contribution >= 0.6 is 11.9 Å². The predicted molar refractivity (Wildman–Crippen MR) is 54.8 cm³/mol. The molecule has 4 heteroatoms. The Morgan fingerprint density at radius 2 is 2.08 bits per heavy atom. The largest absolute Gasteiger partial charge is 0.464 e. The fourth-order valence-electron chi connectivity index (χ4n) is 1.84. The van der Waals surface area contributed by atoms with Gasteiger partial charge >= 0.3 is 6.09 Å². The van der Waals surface area contributed by atoms with Crippen LogP contribution in [0.1, 0.15) is 39.0 Å². The zero-order chi connectivity index (χ0) is 9.68. The summed E-state index contributed by atoms with van der Waals surface area (Å²) < 4.78 is 2.38. The highest BCUT2D eigenvalue weighted by Gasteiger charge is 2.20. The summed E-state index contributed by atoms with van der Waals surface area (Å²) in [6, 6.07) is 0. The van der Waals surface area contributed by atoms with E-state index in [9.17, 15) is 4.79 Å². The van der Waals surface area contributed by atoms with Crippen molar-refractivity contribution in [2.75, 3.05) is 0 Å². The van der Waals surface area contributed by atoms with Crippen LogP contribution in [0.2, 0.25) is 0 Å². The van der Waals surface area contributed by atoms with Crippen molar-refractivity contribution in [1.82, 2.24) is 4.72 Å². The minimum atomic E-state index is -0.937. The number of hydrogen-bond acceptors (Lipinski definition) is 2. The molecule has 0 aromatic rings. The van der Waals surface area contributed by atoms with Crippen LogP contribution in [0.25, 0.3) is 0 Å². The van der Waals surface area contributed by atoms with E-state index in [0.29, 0.717) is 11.2 Å². The lowest BCUT2D eigenvalue weighted by Gasteiger charge is -2.26. The Morgan fingerprint density at radius 3 is 2.62 bits per heavy atom. The van der Waals surface area contributed by atoms with Gasteiger partial charge in [-0.2, -0.15) is 0 Å². The minimum absolute atomic E-state index is 0.413. The molecular formula is C9H17NO2S. The second-order valence-corrected chi connectivity index (χ2v) is 4.81. The van der Waals surface area contributed by atoms with Crippen molar-refractivity contribution in [3.8, 4) is 0 Å². The Bertz CT molecular complexity index is 169. The number of carbonyl (C=O) groups is 1. The van der Waals surface area contributed by atoms with Crippen molar-refractivity contribution >= 4 is 18.0 Å². The highest BCUT2D eigenvalue weighted by atomic mass is 32.2. The molecule has 1 saturated carbocycles. The van der Waals surface area contributed by atoms with Gasteiger partial charge < -0.3 is 5.11 Å². The van der Waals surface area contributed by atoms with Gasteiger partial charge in [0.2, 0.25) is 0 Å². The second-order valence-electron chi connectivity index (χ2n) is 3.63. The maximum atomic E-state index is 10.3. The molecule has 1 amide bonds. The van der Waals surface area contributed by atoms with Crippen LogP contribution in [0.5, 0.6) is 0 Å². The summed E-state index contributed by atoms with van der Waals surface area (Å²) in [6.45, 7) is 2.11. The first kappa shape index (κ1) is 10.7. The van der Waals surface area contributed by atoms with Crippen molar-refractivity contribution in [1.29, 1.82) is 0 Å². The molecule has 0 bridgehead atoms. The van der Waals surface area contributed by atoms with Crippen LogP contribution in [0.4, 0.5) is 4.79 Å². The Kier molecular flexibility index (Phi) is 4.42. The molecule has 1 aliphatic carbocycles. The summed E-state index contributed by atoms with van der Waals surface area (Å²) in [6.07, 6.45) is 5.55. The fraction of sp³-hybridized carbons (Fsp3) is 0.889. The quantitative estimate of drug-likeness (QED) is 0.693. The van der Waals surface area contributed by atoms with Crippen LogP contribution in [-0.2, 0) is 0 Å². The molecule has 0 aromatic carbocycles. The van der Waals surface area contributed by atoms with Gasteiger partial charge in [-0.15, -0.1) is 0 Å². The van der Waals surface area contributed by atoms with E-state index >= 15 is 0 Å². The molecule has 1 rings (SSSR count). The van der Waals surface area contributed by atoms with Crippen molar-refractivity contribution in [3.05, 3.63) is 0 Å². The third kappa shape index (κ3) is 3.89. The molecule has 1 fully saturated rings. The molecule has 0 aliphatic heterocycles. The van der Waals surface area contributed by atoms with Crippen molar-refractivity contribution < 1.29 is 9.90 Å². The average Bonchev–Trinajstić information content (AvgIpc) is 2.15. The van der Waals surface area contributed by atoms with E-state index in [-0.39, 0.29) is 0 Å². The summed E-state index contributed by atoms with van der Waals surface area (Å²) in [5.41, 5.74) is 0. The first-order valence-corrected chi connectivity index (χ1v) is 5.72. The van der Waals surface area contributed by atoms with E-state index in [1.54, 1.807) is 0 Å². The Hall–Kier alpha value is -0.380. The summed E-state index contributed by atoms with van der Waals surface area (Å²) >= 11 is 1.34. The van der Waals surface area contributed by atoms with Gasteiger partial charge in [-0.25, -0.2) is 4.79 Å². The molecule has 0 saturated heterocycles. The second kappa shape index (κ2) is 5.37. The SMILES string of the molecule is CC(SNC(=O)O)C1CCCCC1. The molecule has 13 heavy (non-hydrogen) atoms. The summed E-state index contributed by atoms with van der Waals surface area (Å²) in [7, 11) is 0. The number of hydrogen-bond donors (Lipinski definition) is 2. The Morgan fingerprint density at radius 1 is 1.46 bits per heavy atom. The van der Waals surface area contributed by atoms with Crippen LogP contribution in [0, 0.1) is 5.92 Å². The van der Waals surface area contributed by atoms with E-state index in [2.05, 4.69) is 11.6 Å². The predicted octanol–water partition coefficient (Wildman–Crippen LogP) is 2.87. The zero-order valence-corrected chi connectivity index (χ0v) is 8.77. The first-order chi connectivity index (χ1) is 6.20. The average molecular weight is 203 g/mol. The van der Waals surface area contributed by atoms with Crippen LogP contribution in [-0.4, -0.2) is 16.4 Å². The number of carboxylic acid groups (broad SMARTS) is 1. The lowest BCUT2D eigenvalue weighted by Crippen LogP contribution is -2.23. The normalized spacial score (nSPS) is 21.0. The van der Waals surface area contributed by atoms with E-state index < -0.39 is 6.09 Å². The van der Waals surface area contributed by atoms with Crippen molar-refractivity contribution in [3.63, 3.8) is 0 Å². The molecule has 2 N–H and O–H groups in total. The van der Waals surface area contributed by atoms with Gasteiger partial charge in [-0.05, 0) is 30.7 Å².